The van der Waals surface area contributed by atoms with Gasteiger partial charge >= 0.3 is 6.18 Å². The summed E-state index contributed by atoms with van der Waals surface area (Å²) in [5, 5.41) is 17.6. The minimum absolute atomic E-state index is 0.125. The van der Waals surface area contributed by atoms with Gasteiger partial charge in [0.15, 0.2) is 0 Å². The number of halogens is 5. The van der Waals surface area contributed by atoms with Crippen molar-refractivity contribution in [3.8, 4) is 5.75 Å². The molecule has 0 saturated carbocycles. The highest BCUT2D eigenvalue weighted by atomic mass is 19.4. The third kappa shape index (κ3) is 2.38. The number of hydrogen-bond acceptors (Lipinski definition) is 3. The molecule has 0 bridgehead atoms. The Bertz CT molecular complexity index is 391. The summed E-state index contributed by atoms with van der Waals surface area (Å²) in [6.07, 6.45) is -8.48. The second-order valence-electron chi connectivity index (χ2n) is 2.84. The smallest absolute Gasteiger partial charge is 0.418 e. The van der Waals surface area contributed by atoms with Crippen LogP contribution in [0.5, 0.6) is 5.75 Å². The zero-order chi connectivity index (χ0) is 12.5. The lowest BCUT2D eigenvalue weighted by Gasteiger charge is -2.13. The van der Waals surface area contributed by atoms with Crippen LogP contribution in [0.1, 0.15) is 23.4 Å². The average Bonchev–Trinajstić information content (AvgIpc) is 2.15. The maximum atomic E-state index is 12.3. The molecule has 2 N–H and O–H groups in total. The second kappa shape index (κ2) is 4.20. The van der Waals surface area contributed by atoms with Crippen LogP contribution >= 0.6 is 0 Å². The van der Waals surface area contributed by atoms with Crippen LogP contribution in [0.4, 0.5) is 22.0 Å². The van der Waals surface area contributed by atoms with Crippen molar-refractivity contribution in [1.29, 1.82) is 0 Å². The lowest BCUT2D eigenvalue weighted by Crippen LogP contribution is -2.12. The summed E-state index contributed by atoms with van der Waals surface area (Å²) in [5.41, 5.74) is -3.84. The first-order valence-electron chi connectivity index (χ1n) is 3.96. The Kier molecular flexibility index (Phi) is 3.32. The number of nitrogens with zero attached hydrogens (tertiary/aromatic N) is 1. The summed E-state index contributed by atoms with van der Waals surface area (Å²) in [6.45, 7) is -0.927. The van der Waals surface area contributed by atoms with Gasteiger partial charge in [0, 0.05) is 0 Å². The lowest BCUT2D eigenvalue weighted by atomic mass is 10.1. The largest absolute Gasteiger partial charge is 0.506 e. The number of aromatic nitrogens is 1. The molecule has 0 aromatic carbocycles. The van der Waals surface area contributed by atoms with Crippen LogP contribution in [-0.2, 0) is 12.8 Å². The molecule has 0 fully saturated rings. The minimum Gasteiger partial charge on any atom is -0.506 e. The van der Waals surface area contributed by atoms with Gasteiger partial charge in [0.1, 0.15) is 17.1 Å². The van der Waals surface area contributed by atoms with E-state index in [9.17, 15) is 22.0 Å². The van der Waals surface area contributed by atoms with Gasteiger partial charge in [0.2, 0.25) is 0 Å². The molecule has 1 heterocycles. The monoisotopic (exact) mass is 243 g/mol. The topological polar surface area (TPSA) is 53.4 Å². The molecule has 1 aromatic rings. The molecule has 0 radical (unpaired) electrons. The molecular weight excluding hydrogens is 237 g/mol. The maximum Gasteiger partial charge on any atom is 0.418 e. The van der Waals surface area contributed by atoms with Gasteiger partial charge in [-0.1, -0.05) is 0 Å². The van der Waals surface area contributed by atoms with E-state index in [4.69, 9.17) is 10.2 Å². The quantitative estimate of drug-likeness (QED) is 0.783. The van der Waals surface area contributed by atoms with Crippen molar-refractivity contribution in [2.45, 2.75) is 19.2 Å². The summed E-state index contributed by atoms with van der Waals surface area (Å²) in [6, 6.07) is 0.125. The van der Waals surface area contributed by atoms with Gasteiger partial charge in [-0.25, -0.2) is 13.8 Å². The van der Waals surface area contributed by atoms with E-state index in [1.807, 2.05) is 0 Å². The van der Waals surface area contributed by atoms with Crippen molar-refractivity contribution < 1.29 is 32.2 Å². The van der Waals surface area contributed by atoms with Crippen molar-refractivity contribution in [3.05, 3.63) is 23.0 Å². The number of aliphatic hydroxyl groups is 1. The molecule has 0 saturated heterocycles. The average molecular weight is 243 g/mol. The third-order valence-electron chi connectivity index (χ3n) is 1.77. The Morgan fingerprint density at radius 2 is 1.88 bits per heavy atom. The number of aliphatic hydroxyl groups excluding tert-OH is 1. The van der Waals surface area contributed by atoms with Crippen LogP contribution in [0.15, 0.2) is 6.07 Å². The summed E-state index contributed by atoms with van der Waals surface area (Å²) in [5.74, 6) is -0.973. The van der Waals surface area contributed by atoms with Crippen LogP contribution in [0.25, 0.3) is 0 Å². The Balaban J connectivity index is 3.42. The molecule has 1 aromatic heterocycles. The maximum absolute atomic E-state index is 12.3. The molecule has 0 aliphatic heterocycles. The highest BCUT2D eigenvalue weighted by Gasteiger charge is 2.37. The molecule has 0 atom stereocenters. The second-order valence-corrected chi connectivity index (χ2v) is 2.84. The number of aromatic hydroxyl groups is 1. The molecule has 0 amide bonds. The minimum atomic E-state index is -5.04. The summed E-state index contributed by atoms with van der Waals surface area (Å²) in [7, 11) is 0. The van der Waals surface area contributed by atoms with Crippen LogP contribution in [0.2, 0.25) is 0 Å². The first kappa shape index (κ1) is 12.6. The van der Waals surface area contributed by atoms with E-state index >= 15 is 0 Å². The van der Waals surface area contributed by atoms with E-state index in [0.717, 1.165) is 0 Å². The van der Waals surface area contributed by atoms with E-state index in [0.29, 0.717) is 0 Å². The first-order valence-corrected chi connectivity index (χ1v) is 3.96. The highest BCUT2D eigenvalue weighted by Crippen LogP contribution is 2.37. The van der Waals surface area contributed by atoms with Gasteiger partial charge in [-0.05, 0) is 6.07 Å². The van der Waals surface area contributed by atoms with E-state index in [1.54, 1.807) is 0 Å². The molecule has 0 aliphatic carbocycles. The van der Waals surface area contributed by atoms with Crippen molar-refractivity contribution in [1.82, 2.24) is 4.98 Å². The number of hydrogen-bond donors (Lipinski definition) is 2. The van der Waals surface area contributed by atoms with Gasteiger partial charge in [-0.2, -0.15) is 13.2 Å². The summed E-state index contributed by atoms with van der Waals surface area (Å²) >= 11 is 0. The van der Waals surface area contributed by atoms with E-state index in [2.05, 4.69) is 4.98 Å². The summed E-state index contributed by atoms with van der Waals surface area (Å²) < 4.78 is 61.4. The van der Waals surface area contributed by atoms with Gasteiger partial charge in [-0.3, -0.25) is 0 Å². The number of pyridine rings is 1. The zero-order valence-corrected chi connectivity index (χ0v) is 7.59. The van der Waals surface area contributed by atoms with Crippen LogP contribution in [0, 0.1) is 0 Å². The molecule has 0 unspecified atom stereocenters. The Morgan fingerprint density at radius 3 is 2.25 bits per heavy atom. The fourth-order valence-electron chi connectivity index (χ4n) is 1.07. The van der Waals surface area contributed by atoms with Crippen molar-refractivity contribution >= 4 is 0 Å². The molecule has 8 heteroatoms. The van der Waals surface area contributed by atoms with E-state index in [1.165, 1.54) is 0 Å². The van der Waals surface area contributed by atoms with E-state index in [-0.39, 0.29) is 6.07 Å². The molecule has 0 spiro atoms. The molecule has 0 aliphatic rings. The predicted molar refractivity (Wildman–Crippen MR) is 41.8 cm³/mol. The fourth-order valence-corrected chi connectivity index (χ4v) is 1.07. The number of rotatable bonds is 2. The zero-order valence-electron chi connectivity index (χ0n) is 7.59. The molecular formula is C8H6F5NO2. The normalized spacial score (nSPS) is 12.2. The first-order chi connectivity index (χ1) is 7.27. The van der Waals surface area contributed by atoms with Gasteiger partial charge in [0.05, 0.1) is 12.2 Å². The lowest BCUT2D eigenvalue weighted by molar-refractivity contribution is -0.140. The van der Waals surface area contributed by atoms with E-state index < -0.39 is 41.9 Å². The van der Waals surface area contributed by atoms with Crippen molar-refractivity contribution in [3.63, 3.8) is 0 Å². The van der Waals surface area contributed by atoms with Crippen molar-refractivity contribution in [2.24, 2.45) is 0 Å². The fraction of sp³-hybridized carbons (Fsp3) is 0.375. The van der Waals surface area contributed by atoms with Crippen LogP contribution in [0.3, 0.4) is 0 Å². The molecule has 1 rings (SSSR count). The SMILES string of the molecule is OCc1nc(C(F)F)c(C(F)(F)F)cc1O. The van der Waals surface area contributed by atoms with Gasteiger partial charge < -0.3 is 10.2 Å². The third-order valence-corrected chi connectivity index (χ3v) is 1.77. The Hall–Kier alpha value is -1.44. The molecule has 90 valence electrons. The Morgan fingerprint density at radius 1 is 1.31 bits per heavy atom. The standard InChI is InChI=1S/C8H6F5NO2/c9-7(10)6-3(8(11,12)13)1-5(16)4(2-15)14-6/h1,7,15-16H,2H2. The van der Waals surface area contributed by atoms with Crippen molar-refractivity contribution in [2.75, 3.05) is 0 Å². The Labute approximate surface area is 86.2 Å². The van der Waals surface area contributed by atoms with Gasteiger partial charge in [0.25, 0.3) is 6.43 Å². The molecule has 16 heavy (non-hydrogen) atoms. The summed E-state index contributed by atoms with van der Waals surface area (Å²) in [4.78, 5) is 2.89. The van der Waals surface area contributed by atoms with Crippen LogP contribution < -0.4 is 0 Å². The van der Waals surface area contributed by atoms with Crippen LogP contribution in [-0.4, -0.2) is 15.2 Å². The number of alkyl halides is 5. The van der Waals surface area contributed by atoms with Gasteiger partial charge in [-0.15, -0.1) is 0 Å². The highest BCUT2D eigenvalue weighted by molar-refractivity contribution is 5.36. The predicted octanol–water partition coefficient (Wildman–Crippen LogP) is 2.24. The molecule has 3 nitrogen and oxygen atoms in total.